The van der Waals surface area contributed by atoms with Gasteiger partial charge in [0, 0.05) is 10.3 Å². The van der Waals surface area contributed by atoms with Gasteiger partial charge in [-0.2, -0.15) is 0 Å². The van der Waals surface area contributed by atoms with Gasteiger partial charge in [-0.1, -0.05) is 18.3 Å². The molecule has 3 aromatic heterocycles. The van der Waals surface area contributed by atoms with Gasteiger partial charge in [0.15, 0.2) is 4.34 Å². The Morgan fingerprint density at radius 3 is 3.00 bits per heavy atom. The number of hydrogen-bond acceptors (Lipinski definition) is 9. The van der Waals surface area contributed by atoms with E-state index in [9.17, 15) is 0 Å². The van der Waals surface area contributed by atoms with Gasteiger partial charge in [0.1, 0.15) is 15.4 Å². The van der Waals surface area contributed by atoms with Crippen molar-refractivity contribution in [1.82, 2.24) is 20.2 Å². The fourth-order valence-corrected chi connectivity index (χ4v) is 4.07. The van der Waals surface area contributed by atoms with Crippen molar-refractivity contribution in [2.75, 3.05) is 5.43 Å². The van der Waals surface area contributed by atoms with E-state index in [4.69, 9.17) is 5.84 Å². The van der Waals surface area contributed by atoms with Crippen molar-refractivity contribution in [2.45, 2.75) is 22.7 Å². The van der Waals surface area contributed by atoms with E-state index in [0.717, 1.165) is 26.0 Å². The summed E-state index contributed by atoms with van der Waals surface area (Å²) in [4.78, 5) is 11.0. The molecule has 0 aromatic carbocycles. The number of nitrogen functional groups attached to an aromatic ring is 1. The van der Waals surface area contributed by atoms with Crippen molar-refractivity contribution in [3.8, 4) is 0 Å². The number of anilines is 1. The van der Waals surface area contributed by atoms with E-state index < -0.39 is 0 Å². The predicted molar refractivity (Wildman–Crippen MR) is 78.6 cm³/mol. The summed E-state index contributed by atoms with van der Waals surface area (Å²) < 4.78 is 0.854. The number of rotatable bonds is 4. The van der Waals surface area contributed by atoms with E-state index in [1.54, 1.807) is 16.8 Å². The fraction of sp³-hybridized carbons (Fsp3) is 0.200. The normalized spacial score (nSPS) is 11.1. The molecule has 0 spiro atoms. The highest BCUT2D eigenvalue weighted by atomic mass is 32.2. The van der Waals surface area contributed by atoms with Crippen LogP contribution >= 0.6 is 34.4 Å². The third-order valence-corrected chi connectivity index (χ3v) is 5.37. The van der Waals surface area contributed by atoms with Crippen LogP contribution < -0.4 is 11.3 Å². The van der Waals surface area contributed by atoms with E-state index in [2.05, 4.69) is 38.6 Å². The molecular formula is C10H10N6S3. The third kappa shape index (κ3) is 2.54. The van der Waals surface area contributed by atoms with E-state index >= 15 is 0 Å². The van der Waals surface area contributed by atoms with Crippen molar-refractivity contribution < 1.29 is 0 Å². The lowest BCUT2D eigenvalue weighted by atomic mass is 10.3. The Balaban J connectivity index is 2.11. The van der Waals surface area contributed by atoms with Crippen LogP contribution in [0, 0.1) is 0 Å². The Kier molecular flexibility index (Phi) is 3.60. The molecule has 0 saturated carbocycles. The molecule has 3 rings (SSSR count). The number of nitrogens with one attached hydrogen (secondary N) is 1. The molecule has 0 saturated heterocycles. The Bertz CT molecular complexity index is 693. The van der Waals surface area contributed by atoms with E-state index in [0.29, 0.717) is 5.95 Å². The minimum atomic E-state index is 0.420. The van der Waals surface area contributed by atoms with Crippen LogP contribution in [-0.4, -0.2) is 20.2 Å². The number of aromatic nitrogens is 4. The Morgan fingerprint density at radius 2 is 2.32 bits per heavy atom. The molecule has 0 bridgehead atoms. The molecule has 0 atom stereocenters. The van der Waals surface area contributed by atoms with Crippen LogP contribution in [0.3, 0.4) is 0 Å². The van der Waals surface area contributed by atoms with Crippen LogP contribution in [0.15, 0.2) is 20.9 Å². The second-order valence-corrected chi connectivity index (χ2v) is 6.77. The quantitative estimate of drug-likeness (QED) is 0.435. The lowest BCUT2D eigenvalue weighted by Gasteiger charge is -2.02. The summed E-state index contributed by atoms with van der Waals surface area (Å²) in [5.41, 5.74) is 4.21. The van der Waals surface area contributed by atoms with Gasteiger partial charge in [-0.25, -0.2) is 15.8 Å². The highest BCUT2D eigenvalue weighted by Gasteiger charge is 2.13. The molecule has 0 radical (unpaired) electrons. The molecule has 0 unspecified atom stereocenters. The summed E-state index contributed by atoms with van der Waals surface area (Å²) in [6.45, 7) is 2.12. The summed E-state index contributed by atoms with van der Waals surface area (Å²) in [6, 6.07) is 2.13. The molecule has 0 amide bonds. The number of nitrogens with zero attached hydrogens (tertiary/aromatic N) is 4. The van der Waals surface area contributed by atoms with Crippen molar-refractivity contribution in [3.05, 3.63) is 16.5 Å². The topological polar surface area (TPSA) is 89.6 Å². The standard InChI is InChI=1S/C10H10N6S3/c1-2-5-3-6-7(18-5)13-9(15-11)14-8(6)19-10-16-12-4-17-10/h3-4H,2,11H2,1H3,(H,13,14,15). The molecular weight excluding hydrogens is 300 g/mol. The van der Waals surface area contributed by atoms with Crippen molar-refractivity contribution in [3.63, 3.8) is 0 Å². The van der Waals surface area contributed by atoms with E-state index in [1.807, 2.05) is 0 Å². The molecule has 19 heavy (non-hydrogen) atoms. The van der Waals surface area contributed by atoms with Gasteiger partial charge in [-0.05, 0) is 24.2 Å². The predicted octanol–water partition coefficient (Wildman–Crippen LogP) is 2.54. The summed E-state index contributed by atoms with van der Waals surface area (Å²) >= 11 is 4.63. The van der Waals surface area contributed by atoms with Crippen molar-refractivity contribution in [2.24, 2.45) is 5.84 Å². The largest absolute Gasteiger partial charge is 0.292 e. The number of thiophene rings is 1. The molecule has 3 heterocycles. The fourth-order valence-electron chi connectivity index (χ4n) is 1.55. The molecule has 0 aliphatic heterocycles. The minimum absolute atomic E-state index is 0.420. The van der Waals surface area contributed by atoms with Gasteiger partial charge in [-0.3, -0.25) is 5.43 Å². The van der Waals surface area contributed by atoms with Gasteiger partial charge in [0.25, 0.3) is 0 Å². The van der Waals surface area contributed by atoms with Gasteiger partial charge < -0.3 is 0 Å². The zero-order valence-corrected chi connectivity index (χ0v) is 12.4. The first-order chi connectivity index (χ1) is 9.30. The SMILES string of the molecule is CCc1cc2c(Sc3nncs3)nc(NN)nc2s1. The number of hydrazine groups is 1. The maximum absolute atomic E-state index is 5.42. The van der Waals surface area contributed by atoms with Gasteiger partial charge in [-0.15, -0.1) is 21.5 Å². The molecule has 0 fully saturated rings. The summed E-state index contributed by atoms with van der Waals surface area (Å²) in [5, 5.41) is 9.75. The molecule has 6 nitrogen and oxygen atoms in total. The van der Waals surface area contributed by atoms with Crippen LogP contribution in [0.5, 0.6) is 0 Å². The molecule has 3 N–H and O–H groups in total. The second-order valence-electron chi connectivity index (χ2n) is 3.59. The molecule has 98 valence electrons. The average molecular weight is 310 g/mol. The van der Waals surface area contributed by atoms with Gasteiger partial charge >= 0.3 is 0 Å². The zero-order valence-electron chi connectivity index (χ0n) is 9.95. The van der Waals surface area contributed by atoms with E-state index in [1.165, 1.54) is 28.0 Å². The third-order valence-electron chi connectivity index (χ3n) is 2.41. The van der Waals surface area contributed by atoms with Crippen LogP contribution in [-0.2, 0) is 6.42 Å². The van der Waals surface area contributed by atoms with Crippen LogP contribution in [0.25, 0.3) is 10.2 Å². The molecule has 3 aromatic rings. The molecule has 0 aliphatic rings. The summed E-state index contributed by atoms with van der Waals surface area (Å²) in [5.74, 6) is 5.84. The van der Waals surface area contributed by atoms with Crippen molar-refractivity contribution >= 4 is 50.6 Å². The molecule has 9 heteroatoms. The number of fused-ring (bicyclic) bond motifs is 1. The average Bonchev–Trinajstić information content (AvgIpc) is 3.06. The second kappa shape index (κ2) is 5.37. The van der Waals surface area contributed by atoms with Crippen LogP contribution in [0.1, 0.15) is 11.8 Å². The Hall–Kier alpha value is -1.29. The summed E-state index contributed by atoms with van der Waals surface area (Å²) in [7, 11) is 0. The highest BCUT2D eigenvalue weighted by Crippen LogP contribution is 2.36. The number of hydrogen-bond donors (Lipinski definition) is 2. The zero-order chi connectivity index (χ0) is 13.2. The van der Waals surface area contributed by atoms with Gasteiger partial charge in [0.05, 0.1) is 0 Å². The lowest BCUT2D eigenvalue weighted by molar-refractivity contribution is 1.00. The highest BCUT2D eigenvalue weighted by molar-refractivity contribution is 8.01. The number of aryl methyl sites for hydroxylation is 1. The maximum atomic E-state index is 5.42. The Labute approximate surface area is 121 Å². The Morgan fingerprint density at radius 1 is 1.42 bits per heavy atom. The minimum Gasteiger partial charge on any atom is -0.292 e. The first kappa shape index (κ1) is 12.7. The van der Waals surface area contributed by atoms with Crippen molar-refractivity contribution in [1.29, 1.82) is 0 Å². The van der Waals surface area contributed by atoms with Gasteiger partial charge in [0.2, 0.25) is 5.95 Å². The maximum Gasteiger partial charge on any atom is 0.239 e. The molecule has 0 aliphatic carbocycles. The first-order valence-corrected chi connectivity index (χ1v) is 8.02. The smallest absolute Gasteiger partial charge is 0.239 e. The lowest BCUT2D eigenvalue weighted by Crippen LogP contribution is -2.10. The van der Waals surface area contributed by atoms with E-state index in [-0.39, 0.29) is 0 Å². The summed E-state index contributed by atoms with van der Waals surface area (Å²) in [6.07, 6.45) is 0.981. The van der Waals surface area contributed by atoms with Crippen LogP contribution in [0.4, 0.5) is 5.95 Å². The monoisotopic (exact) mass is 310 g/mol. The number of nitrogens with two attached hydrogens (primary N) is 1. The van der Waals surface area contributed by atoms with Crippen LogP contribution in [0.2, 0.25) is 0 Å². The first-order valence-electron chi connectivity index (χ1n) is 5.51.